The summed E-state index contributed by atoms with van der Waals surface area (Å²) in [7, 11) is 1.53. The average Bonchev–Trinajstić information content (AvgIpc) is 3.05. The number of carbonyl (C=O) groups excluding carboxylic acids is 2. The van der Waals surface area contributed by atoms with E-state index < -0.39 is 23.5 Å². The molecular formula is C24H28FN2O4+. The van der Waals surface area contributed by atoms with Gasteiger partial charge in [0, 0.05) is 5.56 Å². The summed E-state index contributed by atoms with van der Waals surface area (Å²) in [5.41, 5.74) is 0.988. The number of rotatable bonds is 8. The molecule has 7 heteroatoms. The van der Waals surface area contributed by atoms with E-state index in [0.717, 1.165) is 13.1 Å². The zero-order chi connectivity index (χ0) is 22.5. The summed E-state index contributed by atoms with van der Waals surface area (Å²) in [4.78, 5) is 28.7. The van der Waals surface area contributed by atoms with Crippen LogP contribution in [0.3, 0.4) is 0 Å². The van der Waals surface area contributed by atoms with Crippen LogP contribution in [-0.2, 0) is 9.59 Å². The van der Waals surface area contributed by atoms with Gasteiger partial charge >= 0.3 is 0 Å². The smallest absolute Gasteiger partial charge is 0.295 e. The molecule has 0 spiro atoms. The molecule has 1 aliphatic heterocycles. The van der Waals surface area contributed by atoms with Gasteiger partial charge in [-0.15, -0.1) is 0 Å². The second-order valence-electron chi connectivity index (χ2n) is 7.48. The number of carbonyl (C=O) groups is 2. The van der Waals surface area contributed by atoms with Crippen molar-refractivity contribution in [1.29, 1.82) is 0 Å². The minimum absolute atomic E-state index is 0.0105. The number of likely N-dealkylation sites (N-methyl/N-ethyl adjacent to an activating group) is 1. The minimum Gasteiger partial charge on any atom is -0.507 e. The van der Waals surface area contributed by atoms with E-state index in [0.29, 0.717) is 30.0 Å². The molecular weight excluding hydrogens is 399 g/mol. The summed E-state index contributed by atoms with van der Waals surface area (Å²) in [6.07, 6.45) is 0. The second kappa shape index (κ2) is 9.75. The molecule has 1 atom stereocenters. The number of halogens is 1. The number of nitrogens with zero attached hydrogens (tertiary/aromatic N) is 1. The van der Waals surface area contributed by atoms with E-state index in [2.05, 4.69) is 13.8 Å². The number of benzene rings is 2. The number of quaternary nitrogens is 1. The third-order valence-corrected chi connectivity index (χ3v) is 5.80. The van der Waals surface area contributed by atoms with Gasteiger partial charge in [-0.05, 0) is 55.8 Å². The lowest BCUT2D eigenvalue weighted by atomic mass is 9.95. The van der Waals surface area contributed by atoms with Gasteiger partial charge in [0.15, 0.2) is 0 Å². The summed E-state index contributed by atoms with van der Waals surface area (Å²) in [5, 5.41) is 11.0. The average molecular weight is 427 g/mol. The fourth-order valence-corrected chi connectivity index (χ4v) is 3.89. The first kappa shape index (κ1) is 22.5. The van der Waals surface area contributed by atoms with Gasteiger partial charge in [0.2, 0.25) is 0 Å². The van der Waals surface area contributed by atoms with E-state index in [9.17, 15) is 19.1 Å². The Hall–Kier alpha value is -3.19. The number of nitrogens with one attached hydrogen (secondary N) is 1. The molecule has 0 radical (unpaired) electrons. The second-order valence-corrected chi connectivity index (χ2v) is 7.48. The molecule has 1 saturated heterocycles. The van der Waals surface area contributed by atoms with E-state index in [1.807, 2.05) is 0 Å². The molecule has 1 heterocycles. The summed E-state index contributed by atoms with van der Waals surface area (Å²) >= 11 is 0. The lowest BCUT2D eigenvalue weighted by Gasteiger charge is -2.27. The van der Waals surface area contributed by atoms with Gasteiger partial charge in [0.25, 0.3) is 11.7 Å². The molecule has 3 rings (SSSR count). The van der Waals surface area contributed by atoms with Crippen LogP contribution in [0.5, 0.6) is 5.75 Å². The number of hydrogen-bond donors (Lipinski definition) is 2. The van der Waals surface area contributed by atoms with E-state index in [4.69, 9.17) is 4.74 Å². The van der Waals surface area contributed by atoms with Gasteiger partial charge in [0.05, 0.1) is 44.9 Å². The van der Waals surface area contributed by atoms with Crippen LogP contribution in [0.4, 0.5) is 4.39 Å². The van der Waals surface area contributed by atoms with Crippen LogP contribution < -0.4 is 9.64 Å². The van der Waals surface area contributed by atoms with Crippen LogP contribution in [0.15, 0.2) is 54.1 Å². The maximum absolute atomic E-state index is 13.5. The molecule has 2 N–H and O–H groups in total. The number of likely N-dealkylation sites (tertiary alicyclic amines) is 1. The molecule has 2 aromatic carbocycles. The van der Waals surface area contributed by atoms with Crippen LogP contribution in [0.25, 0.3) is 5.76 Å². The standard InChI is InChI=1S/C24H27FN2O4/c1-4-26(5-2)14-15-27-21(16-6-10-18(25)11-7-16)20(23(29)24(27)30)22(28)17-8-12-19(31-3)13-9-17/h6-13,21,28H,4-5,14-15H2,1-3H3/p+1/t21-/m0/s1. The van der Waals surface area contributed by atoms with Gasteiger partial charge in [0.1, 0.15) is 17.3 Å². The number of Topliss-reactive ketones (excluding diaryl/α,β-unsaturated/α-hetero) is 1. The lowest BCUT2D eigenvalue weighted by Crippen LogP contribution is -3.12. The highest BCUT2D eigenvalue weighted by molar-refractivity contribution is 6.46. The summed E-state index contributed by atoms with van der Waals surface area (Å²) in [6.45, 7) is 6.94. The molecule has 0 saturated carbocycles. The number of amides is 1. The molecule has 1 fully saturated rings. The Kier molecular flexibility index (Phi) is 7.07. The SMILES string of the molecule is CC[NH+](CC)CCN1C(=O)C(=O)C(=C(O)c2ccc(OC)cc2)[C@@H]1c1ccc(F)cc1. The van der Waals surface area contributed by atoms with E-state index >= 15 is 0 Å². The Balaban J connectivity index is 2.07. The molecule has 6 nitrogen and oxygen atoms in total. The van der Waals surface area contributed by atoms with Gasteiger partial charge in [-0.3, -0.25) is 9.59 Å². The zero-order valence-electron chi connectivity index (χ0n) is 18.0. The fourth-order valence-electron chi connectivity index (χ4n) is 3.89. The summed E-state index contributed by atoms with van der Waals surface area (Å²) in [5.74, 6) is -1.46. The Morgan fingerprint density at radius 1 is 1.06 bits per heavy atom. The first-order valence-corrected chi connectivity index (χ1v) is 10.4. The molecule has 164 valence electrons. The Morgan fingerprint density at radius 3 is 2.23 bits per heavy atom. The quantitative estimate of drug-likeness (QED) is 0.385. The van der Waals surface area contributed by atoms with E-state index in [1.165, 1.54) is 29.0 Å². The maximum atomic E-state index is 13.5. The van der Waals surface area contributed by atoms with Crippen LogP contribution in [0, 0.1) is 5.82 Å². The summed E-state index contributed by atoms with van der Waals surface area (Å²) in [6, 6.07) is 11.5. The van der Waals surface area contributed by atoms with E-state index in [-0.39, 0.29) is 11.3 Å². The van der Waals surface area contributed by atoms with Gasteiger partial charge in [-0.2, -0.15) is 0 Å². The highest BCUT2D eigenvalue weighted by Gasteiger charge is 2.46. The van der Waals surface area contributed by atoms with Crippen molar-refractivity contribution in [2.75, 3.05) is 33.3 Å². The number of hydrogen-bond acceptors (Lipinski definition) is 4. The van der Waals surface area contributed by atoms with Crippen molar-refractivity contribution in [2.45, 2.75) is 19.9 Å². The monoisotopic (exact) mass is 427 g/mol. The highest BCUT2D eigenvalue weighted by atomic mass is 19.1. The van der Waals surface area contributed by atoms with Gasteiger partial charge in [-0.25, -0.2) is 4.39 Å². The van der Waals surface area contributed by atoms with Crippen LogP contribution in [0.2, 0.25) is 0 Å². The number of ether oxygens (including phenoxy) is 1. The highest BCUT2D eigenvalue weighted by Crippen LogP contribution is 2.39. The van der Waals surface area contributed by atoms with Gasteiger partial charge in [-0.1, -0.05) is 12.1 Å². The Morgan fingerprint density at radius 2 is 1.68 bits per heavy atom. The fraction of sp³-hybridized carbons (Fsp3) is 0.333. The van der Waals surface area contributed by atoms with Crippen molar-refractivity contribution in [3.8, 4) is 5.75 Å². The molecule has 2 aromatic rings. The number of aliphatic hydroxyl groups is 1. The first-order valence-electron chi connectivity index (χ1n) is 10.4. The number of aliphatic hydroxyl groups excluding tert-OH is 1. The number of methoxy groups -OCH3 is 1. The molecule has 1 amide bonds. The van der Waals surface area contributed by atoms with Crippen molar-refractivity contribution in [3.05, 3.63) is 71.0 Å². The largest absolute Gasteiger partial charge is 0.507 e. The van der Waals surface area contributed by atoms with Crippen molar-refractivity contribution in [1.82, 2.24) is 4.90 Å². The topological polar surface area (TPSA) is 71.3 Å². The zero-order valence-corrected chi connectivity index (χ0v) is 18.0. The third-order valence-electron chi connectivity index (χ3n) is 5.80. The molecule has 1 aliphatic rings. The predicted molar refractivity (Wildman–Crippen MR) is 115 cm³/mol. The summed E-state index contributed by atoms with van der Waals surface area (Å²) < 4.78 is 18.7. The van der Waals surface area contributed by atoms with Crippen LogP contribution in [-0.4, -0.2) is 55.0 Å². The Labute approximate surface area is 181 Å². The number of ketones is 1. The van der Waals surface area contributed by atoms with E-state index in [1.54, 1.807) is 36.4 Å². The van der Waals surface area contributed by atoms with Crippen molar-refractivity contribution >= 4 is 17.4 Å². The van der Waals surface area contributed by atoms with Crippen molar-refractivity contribution < 1.29 is 28.7 Å². The predicted octanol–water partition coefficient (Wildman–Crippen LogP) is 2.18. The van der Waals surface area contributed by atoms with Crippen molar-refractivity contribution in [3.63, 3.8) is 0 Å². The maximum Gasteiger partial charge on any atom is 0.295 e. The first-order chi connectivity index (χ1) is 14.9. The molecule has 0 bridgehead atoms. The normalized spacial score (nSPS) is 18.1. The van der Waals surface area contributed by atoms with Gasteiger partial charge < -0.3 is 19.6 Å². The molecule has 0 aromatic heterocycles. The molecule has 0 unspecified atom stereocenters. The minimum atomic E-state index is -0.780. The van der Waals surface area contributed by atoms with Crippen molar-refractivity contribution in [2.24, 2.45) is 0 Å². The van der Waals surface area contributed by atoms with Crippen LogP contribution >= 0.6 is 0 Å². The Bertz CT molecular complexity index is 966. The lowest BCUT2D eigenvalue weighted by molar-refractivity contribution is -0.895. The molecule has 0 aliphatic carbocycles. The van der Waals surface area contributed by atoms with Crippen LogP contribution in [0.1, 0.15) is 31.0 Å². The third kappa shape index (κ3) is 4.61. The molecule has 31 heavy (non-hydrogen) atoms.